The number of nitrogens with zero attached hydrogens (tertiary/aromatic N) is 2. The van der Waals surface area contributed by atoms with Crippen LogP contribution in [-0.4, -0.2) is 41.2 Å². The number of carbonyl (C=O) groups excluding carboxylic acids is 2. The van der Waals surface area contributed by atoms with E-state index in [4.69, 9.17) is 0 Å². The molecule has 142 valence electrons. The smallest absolute Gasteiger partial charge is 0.226 e. The van der Waals surface area contributed by atoms with E-state index in [1.54, 1.807) is 0 Å². The van der Waals surface area contributed by atoms with Gasteiger partial charge in [-0.05, 0) is 30.9 Å². The van der Waals surface area contributed by atoms with Crippen LogP contribution in [0.4, 0.5) is 0 Å². The molecule has 0 aromatic heterocycles. The molecular weight excluding hydrogens is 336 g/mol. The summed E-state index contributed by atoms with van der Waals surface area (Å²) in [4.78, 5) is 29.3. The fourth-order valence-corrected chi connectivity index (χ4v) is 3.67. The first kappa shape index (κ1) is 19.2. The highest BCUT2D eigenvalue weighted by atomic mass is 16.2. The SMILES string of the molecule is CCN(Cc1ccccc1)C(=O)C1CCN(C(=O)Cc2ccccc2)CC1. The monoisotopic (exact) mass is 364 g/mol. The van der Waals surface area contributed by atoms with Crippen LogP contribution in [0, 0.1) is 5.92 Å². The minimum Gasteiger partial charge on any atom is -0.342 e. The number of rotatable bonds is 6. The average molecular weight is 364 g/mol. The number of hydrogen-bond donors (Lipinski definition) is 0. The number of amides is 2. The van der Waals surface area contributed by atoms with Gasteiger partial charge in [0.2, 0.25) is 11.8 Å². The van der Waals surface area contributed by atoms with Crippen LogP contribution in [0.5, 0.6) is 0 Å². The molecule has 0 aliphatic carbocycles. The van der Waals surface area contributed by atoms with Gasteiger partial charge in [-0.15, -0.1) is 0 Å². The molecule has 0 spiro atoms. The topological polar surface area (TPSA) is 40.6 Å². The fourth-order valence-electron chi connectivity index (χ4n) is 3.67. The molecule has 27 heavy (non-hydrogen) atoms. The van der Waals surface area contributed by atoms with Crippen LogP contribution >= 0.6 is 0 Å². The fraction of sp³-hybridized carbons (Fsp3) is 0.391. The van der Waals surface area contributed by atoms with Crippen LogP contribution < -0.4 is 0 Å². The predicted octanol–water partition coefficient (Wildman–Crippen LogP) is 3.52. The average Bonchev–Trinajstić information content (AvgIpc) is 2.73. The maximum atomic E-state index is 12.9. The van der Waals surface area contributed by atoms with Crippen molar-refractivity contribution >= 4 is 11.8 Å². The third kappa shape index (κ3) is 5.19. The van der Waals surface area contributed by atoms with Crippen molar-refractivity contribution in [2.45, 2.75) is 32.7 Å². The molecule has 0 radical (unpaired) electrons. The van der Waals surface area contributed by atoms with Crippen molar-refractivity contribution < 1.29 is 9.59 Å². The summed E-state index contributed by atoms with van der Waals surface area (Å²) in [5, 5.41) is 0. The van der Waals surface area contributed by atoms with Crippen LogP contribution in [0.15, 0.2) is 60.7 Å². The van der Waals surface area contributed by atoms with E-state index >= 15 is 0 Å². The van der Waals surface area contributed by atoms with E-state index in [-0.39, 0.29) is 17.7 Å². The Morgan fingerprint density at radius 3 is 2.04 bits per heavy atom. The van der Waals surface area contributed by atoms with Crippen LogP contribution in [0.2, 0.25) is 0 Å². The van der Waals surface area contributed by atoms with E-state index in [2.05, 4.69) is 12.1 Å². The molecule has 2 amide bonds. The molecule has 0 unspecified atom stereocenters. The molecule has 0 atom stereocenters. The number of carbonyl (C=O) groups is 2. The van der Waals surface area contributed by atoms with Gasteiger partial charge in [0.1, 0.15) is 0 Å². The van der Waals surface area contributed by atoms with Gasteiger partial charge in [0.15, 0.2) is 0 Å². The number of hydrogen-bond acceptors (Lipinski definition) is 2. The molecular formula is C23H28N2O2. The highest BCUT2D eigenvalue weighted by Gasteiger charge is 2.29. The lowest BCUT2D eigenvalue weighted by molar-refractivity contribution is -0.140. The minimum atomic E-state index is 0.0226. The quantitative estimate of drug-likeness (QED) is 0.787. The molecule has 1 fully saturated rings. The molecule has 4 heteroatoms. The number of piperidine rings is 1. The van der Waals surface area contributed by atoms with Crippen molar-refractivity contribution in [3.8, 4) is 0 Å². The molecule has 1 saturated heterocycles. The zero-order valence-electron chi connectivity index (χ0n) is 16.0. The van der Waals surface area contributed by atoms with Crippen molar-refractivity contribution in [2.24, 2.45) is 5.92 Å². The standard InChI is InChI=1S/C23H28N2O2/c1-2-24(18-20-11-7-4-8-12-20)23(27)21-13-15-25(16-14-21)22(26)17-19-9-5-3-6-10-19/h3-12,21H,2,13-18H2,1H3. The highest BCUT2D eigenvalue weighted by molar-refractivity contribution is 5.81. The summed E-state index contributed by atoms with van der Waals surface area (Å²) in [6.07, 6.45) is 1.95. The van der Waals surface area contributed by atoms with Crippen molar-refractivity contribution in [3.63, 3.8) is 0 Å². The Labute approximate surface area is 161 Å². The van der Waals surface area contributed by atoms with Gasteiger partial charge < -0.3 is 9.80 Å². The summed E-state index contributed by atoms with van der Waals surface area (Å²) in [7, 11) is 0. The lowest BCUT2D eigenvalue weighted by Crippen LogP contribution is -2.44. The highest BCUT2D eigenvalue weighted by Crippen LogP contribution is 2.21. The summed E-state index contributed by atoms with van der Waals surface area (Å²) < 4.78 is 0. The van der Waals surface area contributed by atoms with E-state index in [1.807, 2.05) is 65.3 Å². The van der Waals surface area contributed by atoms with Gasteiger partial charge in [-0.25, -0.2) is 0 Å². The van der Waals surface area contributed by atoms with E-state index in [9.17, 15) is 9.59 Å². The number of benzene rings is 2. The van der Waals surface area contributed by atoms with Crippen molar-refractivity contribution in [1.82, 2.24) is 9.80 Å². The summed E-state index contributed by atoms with van der Waals surface area (Å²) in [6, 6.07) is 20.0. The summed E-state index contributed by atoms with van der Waals surface area (Å²) in [5.74, 6) is 0.398. The number of likely N-dealkylation sites (tertiary alicyclic amines) is 1. The zero-order chi connectivity index (χ0) is 19.1. The van der Waals surface area contributed by atoms with Crippen molar-refractivity contribution in [2.75, 3.05) is 19.6 Å². The first-order chi connectivity index (χ1) is 13.2. The Balaban J connectivity index is 1.51. The van der Waals surface area contributed by atoms with Gasteiger partial charge in [0, 0.05) is 32.1 Å². The normalized spacial score (nSPS) is 14.8. The van der Waals surface area contributed by atoms with Gasteiger partial charge in [-0.1, -0.05) is 60.7 Å². The van der Waals surface area contributed by atoms with Crippen LogP contribution in [0.3, 0.4) is 0 Å². The maximum Gasteiger partial charge on any atom is 0.226 e. The Kier molecular flexibility index (Phi) is 6.64. The summed E-state index contributed by atoms with van der Waals surface area (Å²) >= 11 is 0. The van der Waals surface area contributed by atoms with Crippen LogP contribution in [0.25, 0.3) is 0 Å². The van der Waals surface area contributed by atoms with Crippen LogP contribution in [0.1, 0.15) is 30.9 Å². The third-order valence-corrected chi connectivity index (χ3v) is 5.30. The molecule has 2 aromatic carbocycles. The Morgan fingerprint density at radius 2 is 1.48 bits per heavy atom. The van der Waals surface area contributed by atoms with Crippen LogP contribution in [-0.2, 0) is 22.6 Å². The Morgan fingerprint density at radius 1 is 0.926 bits per heavy atom. The Bertz CT molecular complexity index is 737. The van der Waals surface area contributed by atoms with E-state index in [0.29, 0.717) is 32.6 Å². The van der Waals surface area contributed by atoms with E-state index in [1.165, 1.54) is 0 Å². The lowest BCUT2D eigenvalue weighted by Gasteiger charge is -2.34. The van der Waals surface area contributed by atoms with E-state index in [0.717, 1.165) is 24.0 Å². The molecule has 3 rings (SSSR count). The largest absolute Gasteiger partial charge is 0.342 e. The molecule has 0 N–H and O–H groups in total. The Hall–Kier alpha value is -2.62. The first-order valence-corrected chi connectivity index (χ1v) is 9.81. The first-order valence-electron chi connectivity index (χ1n) is 9.81. The molecule has 2 aromatic rings. The second kappa shape index (κ2) is 9.36. The van der Waals surface area contributed by atoms with Crippen molar-refractivity contribution in [1.29, 1.82) is 0 Å². The summed E-state index contributed by atoms with van der Waals surface area (Å²) in [6.45, 7) is 4.74. The minimum absolute atomic E-state index is 0.0226. The molecule has 1 aliphatic rings. The molecule has 1 heterocycles. The maximum absolute atomic E-state index is 12.9. The summed E-state index contributed by atoms with van der Waals surface area (Å²) in [5.41, 5.74) is 2.20. The van der Waals surface area contributed by atoms with Gasteiger partial charge in [-0.3, -0.25) is 9.59 Å². The molecule has 1 aliphatic heterocycles. The molecule has 4 nitrogen and oxygen atoms in total. The second-order valence-corrected chi connectivity index (χ2v) is 7.16. The predicted molar refractivity (Wildman–Crippen MR) is 107 cm³/mol. The van der Waals surface area contributed by atoms with Gasteiger partial charge in [-0.2, -0.15) is 0 Å². The van der Waals surface area contributed by atoms with Gasteiger partial charge in [0.25, 0.3) is 0 Å². The van der Waals surface area contributed by atoms with E-state index < -0.39 is 0 Å². The van der Waals surface area contributed by atoms with Gasteiger partial charge in [0.05, 0.1) is 6.42 Å². The third-order valence-electron chi connectivity index (χ3n) is 5.30. The molecule has 0 saturated carbocycles. The van der Waals surface area contributed by atoms with Crippen molar-refractivity contribution in [3.05, 3.63) is 71.8 Å². The lowest BCUT2D eigenvalue weighted by atomic mass is 9.94. The molecule has 0 bridgehead atoms. The second-order valence-electron chi connectivity index (χ2n) is 7.16. The zero-order valence-corrected chi connectivity index (χ0v) is 16.0. The van der Waals surface area contributed by atoms with Gasteiger partial charge >= 0.3 is 0 Å².